The van der Waals surface area contributed by atoms with E-state index < -0.39 is 0 Å². The Morgan fingerprint density at radius 1 is 0.857 bits per heavy atom. The van der Waals surface area contributed by atoms with Gasteiger partial charge in [0, 0.05) is 16.7 Å². The second kappa shape index (κ2) is 7.80. The third kappa shape index (κ3) is 3.64. The zero-order valence-electron chi connectivity index (χ0n) is 15.3. The average Bonchev–Trinajstić information content (AvgIpc) is 3.18. The van der Waals surface area contributed by atoms with E-state index in [0.29, 0.717) is 17.2 Å². The molecule has 0 fully saturated rings. The molecule has 5 heteroatoms. The minimum Gasteiger partial charge on any atom is -0.497 e. The first-order valence-electron chi connectivity index (χ1n) is 8.91. The van der Waals surface area contributed by atoms with Crippen LogP contribution in [0.25, 0.3) is 22.6 Å². The summed E-state index contributed by atoms with van der Waals surface area (Å²) in [6, 6.07) is 26.5. The fourth-order valence-electron chi connectivity index (χ4n) is 2.93. The van der Waals surface area contributed by atoms with Gasteiger partial charge >= 0.3 is 0 Å². The summed E-state index contributed by atoms with van der Waals surface area (Å²) in [5, 5.41) is 2.93. The molecule has 0 aliphatic carbocycles. The number of aromatic nitrogens is 2. The van der Waals surface area contributed by atoms with Gasteiger partial charge in [-0.05, 0) is 36.4 Å². The van der Waals surface area contributed by atoms with E-state index in [-0.39, 0.29) is 5.91 Å². The van der Waals surface area contributed by atoms with Gasteiger partial charge in [0.1, 0.15) is 11.6 Å². The Hall–Kier alpha value is -3.86. The highest BCUT2D eigenvalue weighted by atomic mass is 16.5. The van der Waals surface area contributed by atoms with Gasteiger partial charge in [0.25, 0.3) is 5.91 Å². The molecule has 4 rings (SSSR count). The monoisotopic (exact) mass is 369 g/mol. The summed E-state index contributed by atoms with van der Waals surface area (Å²) in [5.74, 6) is 1.73. The predicted octanol–water partition coefficient (Wildman–Crippen LogP) is 5.00. The lowest BCUT2D eigenvalue weighted by Crippen LogP contribution is -2.12. The molecule has 28 heavy (non-hydrogen) atoms. The Bertz CT molecular complexity index is 1070. The third-order valence-corrected chi connectivity index (χ3v) is 4.40. The van der Waals surface area contributed by atoms with Gasteiger partial charge in [0.05, 0.1) is 12.8 Å². The van der Waals surface area contributed by atoms with Gasteiger partial charge in [-0.1, -0.05) is 48.5 Å². The van der Waals surface area contributed by atoms with Gasteiger partial charge < -0.3 is 15.0 Å². The number of hydrogen-bond donors (Lipinski definition) is 2. The van der Waals surface area contributed by atoms with Crippen molar-refractivity contribution in [3.63, 3.8) is 0 Å². The fraction of sp³-hybridized carbons (Fsp3) is 0.0435. The maximum atomic E-state index is 12.6. The van der Waals surface area contributed by atoms with Crippen LogP contribution in [-0.2, 0) is 0 Å². The summed E-state index contributed by atoms with van der Waals surface area (Å²) in [5.41, 5.74) is 3.18. The molecule has 2 N–H and O–H groups in total. The quantitative estimate of drug-likeness (QED) is 0.520. The molecular weight excluding hydrogens is 350 g/mol. The van der Waals surface area contributed by atoms with Crippen molar-refractivity contribution < 1.29 is 9.53 Å². The molecule has 4 aromatic rings. The molecule has 0 spiro atoms. The molecule has 0 bridgehead atoms. The summed E-state index contributed by atoms with van der Waals surface area (Å²) >= 11 is 0. The van der Waals surface area contributed by atoms with E-state index >= 15 is 0 Å². The Labute approximate surface area is 163 Å². The zero-order chi connectivity index (χ0) is 19.3. The number of nitrogens with one attached hydrogen (secondary N) is 2. The summed E-state index contributed by atoms with van der Waals surface area (Å²) < 4.78 is 5.22. The second-order valence-electron chi connectivity index (χ2n) is 6.22. The van der Waals surface area contributed by atoms with Crippen LogP contribution in [-0.4, -0.2) is 23.0 Å². The van der Waals surface area contributed by atoms with Crippen molar-refractivity contribution in [2.45, 2.75) is 0 Å². The van der Waals surface area contributed by atoms with Gasteiger partial charge in [-0.15, -0.1) is 0 Å². The number of imidazole rings is 1. The first kappa shape index (κ1) is 17.5. The maximum Gasteiger partial charge on any atom is 0.256 e. The number of ether oxygens (including phenoxy) is 1. The Balaban J connectivity index is 1.73. The highest BCUT2D eigenvalue weighted by molar-refractivity contribution is 6.05. The molecule has 0 radical (unpaired) electrons. The van der Waals surface area contributed by atoms with Crippen molar-refractivity contribution in [1.29, 1.82) is 0 Å². The van der Waals surface area contributed by atoms with Crippen LogP contribution in [0.3, 0.4) is 0 Å². The molecule has 1 heterocycles. The molecule has 0 aliphatic heterocycles. The topological polar surface area (TPSA) is 67.0 Å². The number of methoxy groups -OCH3 is 1. The summed E-state index contributed by atoms with van der Waals surface area (Å²) in [7, 11) is 1.63. The lowest BCUT2D eigenvalue weighted by Gasteiger charge is -2.05. The number of aromatic amines is 1. The summed E-state index contributed by atoms with van der Waals surface area (Å²) in [6.45, 7) is 0. The van der Waals surface area contributed by atoms with Crippen molar-refractivity contribution in [2.75, 3.05) is 12.4 Å². The van der Waals surface area contributed by atoms with Gasteiger partial charge in [-0.2, -0.15) is 0 Å². The normalized spacial score (nSPS) is 10.5. The van der Waals surface area contributed by atoms with Crippen molar-refractivity contribution in [2.24, 2.45) is 0 Å². The van der Waals surface area contributed by atoms with E-state index in [0.717, 1.165) is 22.6 Å². The number of anilines is 1. The number of amides is 1. The summed E-state index contributed by atoms with van der Waals surface area (Å²) in [4.78, 5) is 20.6. The van der Waals surface area contributed by atoms with Crippen molar-refractivity contribution >= 4 is 11.7 Å². The molecule has 1 amide bonds. The van der Waals surface area contributed by atoms with Gasteiger partial charge in [0.2, 0.25) is 0 Å². The molecule has 1 aromatic heterocycles. The Kier molecular flexibility index (Phi) is 4.89. The van der Waals surface area contributed by atoms with E-state index in [4.69, 9.17) is 4.74 Å². The van der Waals surface area contributed by atoms with Crippen LogP contribution in [0.5, 0.6) is 5.75 Å². The number of carbonyl (C=O) groups excluding carboxylic acids is 1. The predicted molar refractivity (Wildman–Crippen MR) is 110 cm³/mol. The second-order valence-corrected chi connectivity index (χ2v) is 6.22. The number of nitrogens with zero attached hydrogens (tertiary/aromatic N) is 1. The molecule has 0 atom stereocenters. The van der Waals surface area contributed by atoms with Crippen LogP contribution in [0.2, 0.25) is 0 Å². The lowest BCUT2D eigenvalue weighted by atomic mass is 10.1. The van der Waals surface area contributed by atoms with Crippen LogP contribution < -0.4 is 10.1 Å². The van der Waals surface area contributed by atoms with Gasteiger partial charge in [-0.25, -0.2) is 4.98 Å². The first-order chi connectivity index (χ1) is 13.7. The van der Waals surface area contributed by atoms with Crippen LogP contribution >= 0.6 is 0 Å². The molecular formula is C23H19N3O2. The van der Waals surface area contributed by atoms with Gasteiger partial charge in [0.15, 0.2) is 5.82 Å². The summed E-state index contributed by atoms with van der Waals surface area (Å²) in [6.07, 6.45) is 0. The largest absolute Gasteiger partial charge is 0.497 e. The number of carbonyl (C=O) groups is 1. The van der Waals surface area contributed by atoms with Crippen molar-refractivity contribution in [3.05, 3.63) is 90.5 Å². The first-order valence-corrected chi connectivity index (χ1v) is 8.91. The van der Waals surface area contributed by atoms with E-state index in [1.54, 1.807) is 19.2 Å². The molecule has 0 saturated heterocycles. The minimum absolute atomic E-state index is 0.203. The van der Waals surface area contributed by atoms with Crippen LogP contribution in [0.1, 0.15) is 10.4 Å². The van der Waals surface area contributed by atoms with E-state index in [9.17, 15) is 4.79 Å². The van der Waals surface area contributed by atoms with Gasteiger partial charge in [-0.3, -0.25) is 4.79 Å². The van der Waals surface area contributed by atoms with E-state index in [1.807, 2.05) is 72.8 Å². The van der Waals surface area contributed by atoms with E-state index in [1.165, 1.54) is 0 Å². The Morgan fingerprint density at radius 3 is 2.14 bits per heavy atom. The van der Waals surface area contributed by atoms with Crippen LogP contribution in [0.4, 0.5) is 5.82 Å². The fourth-order valence-corrected chi connectivity index (χ4v) is 2.93. The highest BCUT2D eigenvalue weighted by Gasteiger charge is 2.16. The van der Waals surface area contributed by atoms with E-state index in [2.05, 4.69) is 15.3 Å². The zero-order valence-corrected chi connectivity index (χ0v) is 15.3. The smallest absolute Gasteiger partial charge is 0.256 e. The standard InChI is InChI=1S/C23H19N3O2/c1-28-19-14-12-17(13-15-19)21-24-20(16-8-4-2-5-9-16)22(25-21)26-23(27)18-10-6-3-7-11-18/h2-15H,1H3,(H,24,25)(H,26,27). The molecule has 138 valence electrons. The third-order valence-electron chi connectivity index (χ3n) is 4.40. The molecule has 0 unspecified atom stereocenters. The SMILES string of the molecule is COc1ccc(-c2nc(NC(=O)c3ccccc3)c(-c3ccccc3)[nH]2)cc1. The maximum absolute atomic E-state index is 12.6. The number of hydrogen-bond acceptors (Lipinski definition) is 3. The van der Waals surface area contributed by atoms with Crippen molar-refractivity contribution in [1.82, 2.24) is 9.97 Å². The van der Waals surface area contributed by atoms with Crippen LogP contribution in [0, 0.1) is 0 Å². The number of benzene rings is 3. The molecule has 0 saturated carbocycles. The molecule has 0 aliphatic rings. The highest BCUT2D eigenvalue weighted by Crippen LogP contribution is 2.30. The molecule has 3 aromatic carbocycles. The number of rotatable bonds is 5. The lowest BCUT2D eigenvalue weighted by molar-refractivity contribution is 0.102. The molecule has 5 nitrogen and oxygen atoms in total. The minimum atomic E-state index is -0.203. The Morgan fingerprint density at radius 2 is 1.50 bits per heavy atom. The number of H-pyrrole nitrogens is 1. The van der Waals surface area contributed by atoms with Crippen LogP contribution in [0.15, 0.2) is 84.9 Å². The van der Waals surface area contributed by atoms with Crippen molar-refractivity contribution in [3.8, 4) is 28.4 Å². The average molecular weight is 369 g/mol.